The fraction of sp³-hybridized carbons (Fsp3) is 0.308. The minimum absolute atomic E-state index is 0.729. The topological polar surface area (TPSA) is 49.9 Å². The van der Waals surface area contributed by atoms with Gasteiger partial charge < -0.3 is 15.0 Å². The van der Waals surface area contributed by atoms with Gasteiger partial charge in [0.25, 0.3) is 0 Å². The Bertz CT molecular complexity index is 580. The van der Waals surface area contributed by atoms with Gasteiger partial charge >= 0.3 is 0 Å². The number of aromatic nitrogens is 2. The highest BCUT2D eigenvalue weighted by atomic mass is 79.9. The van der Waals surface area contributed by atoms with Gasteiger partial charge in [0.1, 0.15) is 21.9 Å². The summed E-state index contributed by atoms with van der Waals surface area (Å²) in [6, 6.07) is 6.23. The van der Waals surface area contributed by atoms with Crippen molar-refractivity contribution in [3.63, 3.8) is 0 Å². The fourth-order valence-electron chi connectivity index (χ4n) is 2.17. The van der Waals surface area contributed by atoms with Crippen LogP contribution in [0.3, 0.4) is 0 Å². The molecule has 1 aliphatic heterocycles. The minimum atomic E-state index is 0.729. The van der Waals surface area contributed by atoms with Crippen molar-refractivity contribution in [2.24, 2.45) is 0 Å². The standard InChI is InChI=1S/C13H14BrN3O/c1-15-7-11-16-12(13(14)17-11)9-2-3-10-8(6-9)4-5-18-10/h2-3,6,15H,4-5,7H2,1H3,(H,16,17). The molecule has 0 spiro atoms. The summed E-state index contributed by atoms with van der Waals surface area (Å²) in [7, 11) is 1.91. The van der Waals surface area contributed by atoms with Gasteiger partial charge in [0.05, 0.1) is 13.2 Å². The minimum Gasteiger partial charge on any atom is -0.493 e. The molecule has 0 saturated carbocycles. The molecule has 2 heterocycles. The highest BCUT2D eigenvalue weighted by molar-refractivity contribution is 9.10. The Morgan fingerprint density at radius 3 is 3.22 bits per heavy atom. The Hall–Kier alpha value is -1.33. The lowest BCUT2D eigenvalue weighted by Crippen LogP contribution is -2.06. The molecule has 0 fully saturated rings. The van der Waals surface area contributed by atoms with Crippen LogP contribution < -0.4 is 10.1 Å². The van der Waals surface area contributed by atoms with Gasteiger partial charge in [0.2, 0.25) is 0 Å². The number of fused-ring (bicyclic) bond motifs is 1. The van der Waals surface area contributed by atoms with Crippen LogP contribution in [0.1, 0.15) is 11.4 Å². The summed E-state index contributed by atoms with van der Waals surface area (Å²) in [5.41, 5.74) is 3.33. The van der Waals surface area contributed by atoms with Crippen molar-refractivity contribution in [1.29, 1.82) is 0 Å². The molecule has 0 aliphatic carbocycles. The Kier molecular flexibility index (Phi) is 3.09. The molecular formula is C13H14BrN3O. The average Bonchev–Trinajstić information content (AvgIpc) is 2.95. The predicted molar refractivity (Wildman–Crippen MR) is 73.7 cm³/mol. The molecule has 4 nitrogen and oxygen atoms in total. The zero-order chi connectivity index (χ0) is 12.5. The third-order valence-electron chi connectivity index (χ3n) is 3.02. The molecule has 0 bridgehead atoms. The van der Waals surface area contributed by atoms with Gasteiger partial charge in [-0.2, -0.15) is 0 Å². The number of hydrogen-bond donors (Lipinski definition) is 2. The molecule has 0 amide bonds. The Morgan fingerprint density at radius 2 is 2.39 bits per heavy atom. The molecule has 0 unspecified atom stereocenters. The van der Waals surface area contributed by atoms with Crippen molar-refractivity contribution in [2.75, 3.05) is 13.7 Å². The number of benzene rings is 1. The summed E-state index contributed by atoms with van der Waals surface area (Å²) in [5, 5.41) is 3.08. The first-order valence-electron chi connectivity index (χ1n) is 5.93. The highest BCUT2D eigenvalue weighted by Crippen LogP contribution is 2.32. The van der Waals surface area contributed by atoms with Crippen molar-refractivity contribution in [2.45, 2.75) is 13.0 Å². The molecule has 1 aromatic carbocycles. The van der Waals surface area contributed by atoms with Crippen LogP contribution >= 0.6 is 15.9 Å². The number of H-pyrrole nitrogens is 1. The van der Waals surface area contributed by atoms with E-state index in [9.17, 15) is 0 Å². The summed E-state index contributed by atoms with van der Waals surface area (Å²) in [4.78, 5) is 7.81. The molecule has 18 heavy (non-hydrogen) atoms. The number of halogens is 1. The number of imidazole rings is 1. The highest BCUT2D eigenvalue weighted by Gasteiger charge is 2.15. The molecule has 0 radical (unpaired) electrons. The van der Waals surface area contributed by atoms with E-state index in [4.69, 9.17) is 4.74 Å². The third kappa shape index (κ3) is 2.04. The maximum absolute atomic E-state index is 5.51. The van der Waals surface area contributed by atoms with Gasteiger partial charge in [-0.3, -0.25) is 0 Å². The maximum Gasteiger partial charge on any atom is 0.122 e. The second-order valence-electron chi connectivity index (χ2n) is 4.30. The van der Waals surface area contributed by atoms with E-state index < -0.39 is 0 Å². The van der Waals surface area contributed by atoms with Gasteiger partial charge in [-0.25, -0.2) is 4.98 Å². The Balaban J connectivity index is 1.99. The molecule has 2 aromatic rings. The largest absolute Gasteiger partial charge is 0.493 e. The summed E-state index contributed by atoms with van der Waals surface area (Å²) in [6.07, 6.45) is 0.981. The number of nitrogens with one attached hydrogen (secondary N) is 2. The number of rotatable bonds is 3. The monoisotopic (exact) mass is 307 g/mol. The number of nitrogens with zero attached hydrogens (tertiary/aromatic N) is 1. The van der Waals surface area contributed by atoms with Crippen molar-refractivity contribution < 1.29 is 4.74 Å². The summed E-state index contributed by atoms with van der Waals surface area (Å²) >= 11 is 3.53. The van der Waals surface area contributed by atoms with Crippen LogP contribution in [-0.2, 0) is 13.0 Å². The lowest BCUT2D eigenvalue weighted by Gasteiger charge is -2.02. The number of hydrogen-bond acceptors (Lipinski definition) is 3. The molecule has 0 atom stereocenters. The zero-order valence-electron chi connectivity index (χ0n) is 10.1. The van der Waals surface area contributed by atoms with E-state index in [1.54, 1.807) is 0 Å². The van der Waals surface area contributed by atoms with E-state index in [1.807, 2.05) is 19.2 Å². The second kappa shape index (κ2) is 4.74. The Labute approximate surface area is 114 Å². The van der Waals surface area contributed by atoms with Crippen LogP contribution in [-0.4, -0.2) is 23.6 Å². The third-order valence-corrected chi connectivity index (χ3v) is 3.59. The maximum atomic E-state index is 5.51. The molecule has 0 saturated heterocycles. The van der Waals surface area contributed by atoms with Crippen molar-refractivity contribution >= 4 is 15.9 Å². The molecule has 1 aliphatic rings. The SMILES string of the molecule is CNCc1nc(-c2ccc3c(c2)CCO3)c(Br)[nH]1. The van der Waals surface area contributed by atoms with Crippen molar-refractivity contribution in [1.82, 2.24) is 15.3 Å². The van der Waals surface area contributed by atoms with Gasteiger partial charge in [-0.15, -0.1) is 0 Å². The molecule has 3 rings (SSSR count). The van der Waals surface area contributed by atoms with E-state index >= 15 is 0 Å². The lowest BCUT2D eigenvalue weighted by atomic mass is 10.1. The van der Waals surface area contributed by atoms with E-state index in [-0.39, 0.29) is 0 Å². The van der Waals surface area contributed by atoms with E-state index in [1.165, 1.54) is 5.56 Å². The quantitative estimate of drug-likeness (QED) is 0.916. The van der Waals surface area contributed by atoms with Gasteiger partial charge in [-0.05, 0) is 46.7 Å². The number of aromatic amines is 1. The summed E-state index contributed by atoms with van der Waals surface area (Å²) < 4.78 is 6.44. The van der Waals surface area contributed by atoms with E-state index in [0.717, 1.165) is 47.0 Å². The second-order valence-corrected chi connectivity index (χ2v) is 5.09. The van der Waals surface area contributed by atoms with Crippen LogP contribution in [0, 0.1) is 0 Å². The van der Waals surface area contributed by atoms with Crippen LogP contribution in [0.4, 0.5) is 0 Å². The summed E-state index contributed by atoms with van der Waals surface area (Å²) in [6.45, 7) is 1.51. The number of ether oxygens (including phenoxy) is 1. The lowest BCUT2D eigenvalue weighted by molar-refractivity contribution is 0.357. The first kappa shape index (κ1) is 11.7. The van der Waals surface area contributed by atoms with Crippen molar-refractivity contribution in [3.8, 4) is 17.0 Å². The van der Waals surface area contributed by atoms with Crippen molar-refractivity contribution in [3.05, 3.63) is 34.2 Å². The zero-order valence-corrected chi connectivity index (χ0v) is 11.7. The summed E-state index contributed by atoms with van der Waals surface area (Å²) in [5.74, 6) is 1.93. The van der Waals surface area contributed by atoms with E-state index in [2.05, 4.69) is 37.3 Å². The molecule has 2 N–H and O–H groups in total. The van der Waals surface area contributed by atoms with Crippen LogP contribution in [0.5, 0.6) is 5.75 Å². The molecule has 5 heteroatoms. The Morgan fingerprint density at radius 1 is 1.50 bits per heavy atom. The van der Waals surface area contributed by atoms with Crippen LogP contribution in [0.25, 0.3) is 11.3 Å². The first-order chi connectivity index (χ1) is 8.78. The molecule has 1 aromatic heterocycles. The van der Waals surface area contributed by atoms with Crippen LogP contribution in [0.15, 0.2) is 22.8 Å². The average molecular weight is 308 g/mol. The normalized spacial score (nSPS) is 13.4. The van der Waals surface area contributed by atoms with E-state index in [0.29, 0.717) is 0 Å². The van der Waals surface area contributed by atoms with Gasteiger partial charge in [0.15, 0.2) is 0 Å². The predicted octanol–water partition coefficient (Wildman–Crippen LogP) is 2.49. The fourth-order valence-corrected chi connectivity index (χ4v) is 2.72. The molecular weight excluding hydrogens is 294 g/mol. The smallest absolute Gasteiger partial charge is 0.122 e. The first-order valence-corrected chi connectivity index (χ1v) is 6.72. The van der Waals surface area contributed by atoms with Crippen LogP contribution in [0.2, 0.25) is 0 Å². The van der Waals surface area contributed by atoms with Gasteiger partial charge in [-0.1, -0.05) is 0 Å². The molecule has 94 valence electrons. The van der Waals surface area contributed by atoms with Gasteiger partial charge in [0, 0.05) is 12.0 Å².